The maximum absolute atomic E-state index is 13.3. The number of carbonyl (C=O) groups excluding carboxylic acids is 2. The largest absolute Gasteiger partial charge is 0.378 e. The van der Waals surface area contributed by atoms with Crippen molar-refractivity contribution >= 4 is 17.6 Å². The van der Waals surface area contributed by atoms with Crippen LogP contribution in [0.4, 0.5) is 10.5 Å². The van der Waals surface area contributed by atoms with Crippen LogP contribution in [0, 0.1) is 16.7 Å². The first-order valence-electron chi connectivity index (χ1n) is 11.4. The lowest BCUT2D eigenvalue weighted by molar-refractivity contribution is -0.125. The van der Waals surface area contributed by atoms with Gasteiger partial charge < -0.3 is 25.2 Å². The van der Waals surface area contributed by atoms with Gasteiger partial charge >= 0.3 is 6.03 Å². The fourth-order valence-corrected chi connectivity index (χ4v) is 4.20. The van der Waals surface area contributed by atoms with Gasteiger partial charge in [0, 0.05) is 44.7 Å². The Kier molecular flexibility index (Phi) is 7.62. The van der Waals surface area contributed by atoms with Crippen molar-refractivity contribution in [1.29, 1.82) is 5.26 Å². The molecule has 2 saturated heterocycles. The highest BCUT2D eigenvalue weighted by Gasteiger charge is 2.39. The van der Waals surface area contributed by atoms with Crippen LogP contribution in [0.3, 0.4) is 0 Å². The summed E-state index contributed by atoms with van der Waals surface area (Å²) in [7, 11) is 0. The summed E-state index contributed by atoms with van der Waals surface area (Å²) in [6.45, 7) is 9.48. The molecule has 0 spiro atoms. The number of piperidine rings is 1. The summed E-state index contributed by atoms with van der Waals surface area (Å²) in [4.78, 5) is 29.9. The molecule has 2 aliphatic rings. The third kappa shape index (κ3) is 6.36. The van der Waals surface area contributed by atoms with Gasteiger partial charge in [-0.1, -0.05) is 39.0 Å². The monoisotopic (exact) mass is 441 g/mol. The second-order valence-corrected chi connectivity index (χ2v) is 9.87. The SMILES string of the molecule is CC(C)(C)C[C@H](NC(=O)N1CCOCC1)C(=O)NC1(C#N)CCN(c2ccccc2)CC1. The molecule has 3 rings (SSSR count). The first-order chi connectivity index (χ1) is 15.2. The lowest BCUT2D eigenvalue weighted by atomic mass is 9.85. The summed E-state index contributed by atoms with van der Waals surface area (Å²) in [6, 6.07) is 11.5. The Morgan fingerprint density at radius 3 is 2.31 bits per heavy atom. The van der Waals surface area contributed by atoms with Gasteiger partial charge in [-0.2, -0.15) is 5.26 Å². The Morgan fingerprint density at radius 1 is 1.12 bits per heavy atom. The van der Waals surface area contributed by atoms with E-state index in [0.717, 1.165) is 5.69 Å². The number of ether oxygens (including phenoxy) is 1. The molecule has 0 aliphatic carbocycles. The molecule has 2 aliphatic heterocycles. The molecule has 0 aromatic heterocycles. The molecule has 0 bridgehead atoms. The van der Waals surface area contributed by atoms with E-state index in [1.54, 1.807) is 4.90 Å². The molecule has 2 fully saturated rings. The van der Waals surface area contributed by atoms with Gasteiger partial charge in [0.2, 0.25) is 5.91 Å². The van der Waals surface area contributed by atoms with Crippen molar-refractivity contribution in [2.75, 3.05) is 44.3 Å². The van der Waals surface area contributed by atoms with Crippen LogP contribution in [0.15, 0.2) is 30.3 Å². The summed E-state index contributed by atoms with van der Waals surface area (Å²) in [5.74, 6) is -0.295. The zero-order valence-corrected chi connectivity index (χ0v) is 19.4. The van der Waals surface area contributed by atoms with Gasteiger partial charge in [-0.15, -0.1) is 0 Å². The van der Waals surface area contributed by atoms with Crippen LogP contribution in [0.25, 0.3) is 0 Å². The molecule has 0 unspecified atom stereocenters. The first kappa shape index (κ1) is 23.9. The molecule has 0 radical (unpaired) electrons. The maximum atomic E-state index is 13.3. The Labute approximate surface area is 190 Å². The van der Waals surface area contributed by atoms with E-state index in [4.69, 9.17) is 4.74 Å². The minimum absolute atomic E-state index is 0.170. The van der Waals surface area contributed by atoms with Gasteiger partial charge in [0.25, 0.3) is 0 Å². The highest BCUT2D eigenvalue weighted by atomic mass is 16.5. The summed E-state index contributed by atoms with van der Waals surface area (Å²) < 4.78 is 5.31. The second kappa shape index (κ2) is 10.2. The van der Waals surface area contributed by atoms with E-state index in [0.29, 0.717) is 58.7 Å². The van der Waals surface area contributed by atoms with E-state index in [-0.39, 0.29) is 17.4 Å². The number of nitrogens with one attached hydrogen (secondary N) is 2. The molecule has 0 saturated carbocycles. The van der Waals surface area contributed by atoms with Crippen LogP contribution < -0.4 is 15.5 Å². The Morgan fingerprint density at radius 2 is 1.75 bits per heavy atom. The Balaban J connectivity index is 1.65. The fourth-order valence-electron chi connectivity index (χ4n) is 4.20. The first-order valence-corrected chi connectivity index (χ1v) is 11.4. The molecule has 174 valence electrons. The smallest absolute Gasteiger partial charge is 0.318 e. The summed E-state index contributed by atoms with van der Waals surface area (Å²) >= 11 is 0. The average Bonchev–Trinajstić information content (AvgIpc) is 2.79. The minimum Gasteiger partial charge on any atom is -0.378 e. The third-order valence-electron chi connectivity index (χ3n) is 6.04. The third-order valence-corrected chi connectivity index (χ3v) is 6.04. The lowest BCUT2D eigenvalue weighted by Crippen LogP contribution is -2.60. The molecule has 32 heavy (non-hydrogen) atoms. The molecular weight excluding hydrogens is 406 g/mol. The zero-order valence-electron chi connectivity index (χ0n) is 19.4. The quantitative estimate of drug-likeness (QED) is 0.732. The average molecular weight is 442 g/mol. The normalized spacial score (nSPS) is 19.6. The van der Waals surface area contributed by atoms with Crippen molar-refractivity contribution < 1.29 is 14.3 Å². The van der Waals surface area contributed by atoms with E-state index >= 15 is 0 Å². The number of urea groups is 1. The number of amides is 3. The van der Waals surface area contributed by atoms with Gasteiger partial charge in [0.15, 0.2) is 0 Å². The number of anilines is 1. The molecule has 2 N–H and O–H groups in total. The second-order valence-electron chi connectivity index (χ2n) is 9.87. The van der Waals surface area contributed by atoms with Gasteiger partial charge in [-0.05, 0) is 24.0 Å². The van der Waals surface area contributed by atoms with E-state index in [2.05, 4.69) is 33.7 Å². The van der Waals surface area contributed by atoms with Gasteiger partial charge in [-0.3, -0.25) is 4.79 Å². The van der Waals surface area contributed by atoms with Crippen molar-refractivity contribution in [3.8, 4) is 6.07 Å². The summed E-state index contributed by atoms with van der Waals surface area (Å²) in [5, 5.41) is 15.9. The number of nitriles is 1. The van der Waals surface area contributed by atoms with Crippen LogP contribution in [-0.2, 0) is 9.53 Å². The van der Waals surface area contributed by atoms with Crippen molar-refractivity contribution in [3.63, 3.8) is 0 Å². The van der Waals surface area contributed by atoms with Crippen LogP contribution in [0.2, 0.25) is 0 Å². The van der Waals surface area contributed by atoms with Crippen molar-refractivity contribution in [1.82, 2.24) is 15.5 Å². The number of para-hydroxylation sites is 1. The predicted octanol–water partition coefficient (Wildman–Crippen LogP) is 2.51. The van der Waals surface area contributed by atoms with Crippen LogP contribution in [0.1, 0.15) is 40.0 Å². The molecule has 3 amide bonds. The molecule has 1 aromatic rings. The molecular formula is C24H35N5O3. The van der Waals surface area contributed by atoms with Crippen LogP contribution >= 0.6 is 0 Å². The van der Waals surface area contributed by atoms with Gasteiger partial charge in [0.05, 0.1) is 19.3 Å². The topological polar surface area (TPSA) is 97.7 Å². The number of hydrogen-bond donors (Lipinski definition) is 2. The molecule has 1 atom stereocenters. The number of hydrogen-bond acceptors (Lipinski definition) is 5. The van der Waals surface area contributed by atoms with E-state index in [1.807, 2.05) is 39.0 Å². The molecule has 2 heterocycles. The molecule has 8 heteroatoms. The predicted molar refractivity (Wildman–Crippen MR) is 123 cm³/mol. The zero-order chi connectivity index (χ0) is 23.2. The van der Waals surface area contributed by atoms with Crippen LogP contribution in [0.5, 0.6) is 0 Å². The van der Waals surface area contributed by atoms with Crippen molar-refractivity contribution in [2.45, 2.75) is 51.6 Å². The number of benzene rings is 1. The Hall–Kier alpha value is -2.79. The summed E-state index contributed by atoms with van der Waals surface area (Å²) in [5.41, 5.74) is 0.0210. The highest BCUT2D eigenvalue weighted by molar-refractivity contribution is 5.88. The van der Waals surface area contributed by atoms with Crippen LogP contribution in [-0.4, -0.2) is 67.8 Å². The fraction of sp³-hybridized carbons (Fsp3) is 0.625. The highest BCUT2D eigenvalue weighted by Crippen LogP contribution is 2.27. The number of nitrogens with zero attached hydrogens (tertiary/aromatic N) is 3. The standard InChI is InChI=1S/C24H35N5O3/c1-23(2,3)17-20(26-22(31)29-13-15-32-16-14-29)21(30)27-24(18-25)9-11-28(12-10-24)19-7-5-4-6-8-19/h4-8,20H,9-17H2,1-3H3,(H,26,31)(H,27,30)/t20-/m0/s1. The van der Waals surface area contributed by atoms with E-state index in [1.165, 1.54) is 0 Å². The number of morpholine rings is 1. The van der Waals surface area contributed by atoms with E-state index < -0.39 is 11.6 Å². The van der Waals surface area contributed by atoms with E-state index in [9.17, 15) is 14.9 Å². The lowest BCUT2D eigenvalue weighted by Gasteiger charge is -2.40. The molecule has 8 nitrogen and oxygen atoms in total. The van der Waals surface area contributed by atoms with Gasteiger partial charge in [-0.25, -0.2) is 4.79 Å². The number of rotatable bonds is 5. The maximum Gasteiger partial charge on any atom is 0.318 e. The molecule has 1 aromatic carbocycles. The van der Waals surface area contributed by atoms with Crippen molar-refractivity contribution in [2.24, 2.45) is 5.41 Å². The van der Waals surface area contributed by atoms with Crippen molar-refractivity contribution in [3.05, 3.63) is 30.3 Å². The van der Waals surface area contributed by atoms with Gasteiger partial charge in [0.1, 0.15) is 11.6 Å². The number of carbonyl (C=O) groups is 2. The Bertz CT molecular complexity index is 816. The minimum atomic E-state index is -0.928. The summed E-state index contributed by atoms with van der Waals surface area (Å²) in [6.07, 6.45) is 1.54.